The second kappa shape index (κ2) is 4.42. The summed E-state index contributed by atoms with van der Waals surface area (Å²) in [6.45, 7) is 3.31. The molecule has 2 aromatic rings. The molecule has 0 saturated carbocycles. The maximum Gasteiger partial charge on any atom is 0.150 e. The Hall–Kier alpha value is -0.870. The van der Waals surface area contributed by atoms with Crippen molar-refractivity contribution in [2.45, 2.75) is 19.4 Å². The fraction of sp³-hybridized carbons (Fsp3) is 0.500. The molecule has 2 aromatic heterocycles. The average molecular weight is 268 g/mol. The van der Waals surface area contributed by atoms with Crippen molar-refractivity contribution in [1.29, 1.82) is 0 Å². The highest BCUT2D eigenvalue weighted by molar-refractivity contribution is 7.17. The molecular formula is C12H14ClN3S. The van der Waals surface area contributed by atoms with Gasteiger partial charge in [-0.3, -0.25) is 0 Å². The Kier molecular flexibility index (Phi) is 2.92. The van der Waals surface area contributed by atoms with Crippen molar-refractivity contribution in [3.8, 4) is 0 Å². The molecule has 0 bridgehead atoms. The van der Waals surface area contributed by atoms with E-state index >= 15 is 0 Å². The van der Waals surface area contributed by atoms with Gasteiger partial charge in [-0.25, -0.2) is 9.97 Å². The van der Waals surface area contributed by atoms with Crippen molar-refractivity contribution in [2.75, 3.05) is 17.3 Å². The first-order valence-electron chi connectivity index (χ1n) is 5.82. The van der Waals surface area contributed by atoms with Gasteiger partial charge in [0.1, 0.15) is 12.1 Å². The lowest BCUT2D eigenvalue weighted by Crippen LogP contribution is -2.34. The topological polar surface area (TPSA) is 29.0 Å². The predicted molar refractivity (Wildman–Crippen MR) is 73.1 cm³/mol. The summed E-state index contributed by atoms with van der Waals surface area (Å²) in [6, 6.07) is 2.44. The molecule has 0 N–H and O–H groups in total. The van der Waals surface area contributed by atoms with Crippen molar-refractivity contribution in [1.82, 2.24) is 9.97 Å². The molecule has 90 valence electrons. The van der Waals surface area contributed by atoms with Crippen LogP contribution in [0.5, 0.6) is 0 Å². The van der Waals surface area contributed by atoms with Crippen LogP contribution in [0, 0.1) is 5.92 Å². The largest absolute Gasteiger partial charge is 0.351 e. The van der Waals surface area contributed by atoms with E-state index in [1.165, 1.54) is 11.1 Å². The molecule has 3 heterocycles. The predicted octanol–water partition coefficient (Wildman–Crippen LogP) is 3.14. The summed E-state index contributed by atoms with van der Waals surface area (Å²) < 4.78 is 1.18. The maximum absolute atomic E-state index is 6.09. The van der Waals surface area contributed by atoms with E-state index < -0.39 is 0 Å². The molecule has 0 radical (unpaired) electrons. The Balaban J connectivity index is 2.06. The second-order valence-electron chi connectivity index (χ2n) is 4.51. The van der Waals surface area contributed by atoms with Gasteiger partial charge in [0.15, 0.2) is 0 Å². The van der Waals surface area contributed by atoms with E-state index in [0.717, 1.165) is 17.9 Å². The number of rotatable bonds is 2. The van der Waals surface area contributed by atoms with E-state index in [4.69, 9.17) is 11.6 Å². The van der Waals surface area contributed by atoms with Gasteiger partial charge in [-0.2, -0.15) is 0 Å². The Morgan fingerprint density at radius 2 is 2.41 bits per heavy atom. The smallest absolute Gasteiger partial charge is 0.150 e. The molecule has 0 aliphatic carbocycles. The van der Waals surface area contributed by atoms with Crippen LogP contribution in [0.3, 0.4) is 0 Å². The summed E-state index contributed by atoms with van der Waals surface area (Å²) in [5.41, 5.74) is 1.04. The lowest BCUT2D eigenvalue weighted by atomic mass is 10.1. The zero-order chi connectivity index (χ0) is 11.8. The van der Waals surface area contributed by atoms with Crippen LogP contribution in [0.25, 0.3) is 10.2 Å². The Bertz CT molecular complexity index is 527. The molecule has 1 saturated heterocycles. The minimum absolute atomic E-state index is 0.400. The molecule has 2 atom stereocenters. The summed E-state index contributed by atoms with van der Waals surface area (Å²) >= 11 is 7.80. The van der Waals surface area contributed by atoms with Gasteiger partial charge in [-0.1, -0.05) is 6.92 Å². The third-order valence-corrected chi connectivity index (χ3v) is 4.75. The number of halogens is 1. The van der Waals surface area contributed by atoms with Crippen molar-refractivity contribution >= 4 is 39.0 Å². The molecule has 3 rings (SSSR count). The number of alkyl halides is 1. The van der Waals surface area contributed by atoms with Crippen LogP contribution in [0.4, 0.5) is 5.82 Å². The molecule has 5 heteroatoms. The van der Waals surface area contributed by atoms with Gasteiger partial charge in [0.05, 0.1) is 10.2 Å². The second-order valence-corrected chi connectivity index (χ2v) is 5.74. The Labute approximate surface area is 109 Å². The van der Waals surface area contributed by atoms with Gasteiger partial charge in [-0.05, 0) is 23.8 Å². The molecule has 17 heavy (non-hydrogen) atoms. The lowest BCUT2D eigenvalue weighted by Gasteiger charge is -2.26. The summed E-state index contributed by atoms with van der Waals surface area (Å²) in [6.07, 6.45) is 2.84. The molecule has 0 spiro atoms. The summed E-state index contributed by atoms with van der Waals surface area (Å²) in [7, 11) is 0. The first-order chi connectivity index (χ1) is 8.31. The fourth-order valence-corrected chi connectivity index (χ4v) is 3.81. The number of hydrogen-bond donors (Lipinski definition) is 0. The molecule has 0 amide bonds. The van der Waals surface area contributed by atoms with Crippen molar-refractivity contribution in [3.63, 3.8) is 0 Å². The number of hydrogen-bond acceptors (Lipinski definition) is 4. The van der Waals surface area contributed by atoms with Gasteiger partial charge in [0.25, 0.3) is 0 Å². The summed E-state index contributed by atoms with van der Waals surface area (Å²) in [5, 5.41) is 2.07. The highest BCUT2D eigenvalue weighted by Gasteiger charge is 2.32. The van der Waals surface area contributed by atoms with E-state index in [9.17, 15) is 0 Å². The maximum atomic E-state index is 6.09. The van der Waals surface area contributed by atoms with Crippen molar-refractivity contribution in [3.05, 3.63) is 17.8 Å². The first-order valence-corrected chi connectivity index (χ1v) is 7.23. The van der Waals surface area contributed by atoms with Crippen LogP contribution in [-0.2, 0) is 0 Å². The van der Waals surface area contributed by atoms with Gasteiger partial charge >= 0.3 is 0 Å². The minimum Gasteiger partial charge on any atom is -0.351 e. The number of thiophene rings is 1. The van der Waals surface area contributed by atoms with Gasteiger partial charge in [0.2, 0.25) is 0 Å². The molecule has 2 unspecified atom stereocenters. The molecule has 1 aliphatic heterocycles. The van der Waals surface area contributed by atoms with Crippen LogP contribution in [0.2, 0.25) is 0 Å². The summed E-state index contributed by atoms with van der Waals surface area (Å²) in [5.74, 6) is 2.36. The SMILES string of the molecule is CC1CCN(c2ncnc3ccsc23)C1CCl. The highest BCUT2D eigenvalue weighted by atomic mass is 35.5. The van der Waals surface area contributed by atoms with Gasteiger partial charge < -0.3 is 4.90 Å². The quantitative estimate of drug-likeness (QED) is 0.783. The number of aromatic nitrogens is 2. The Morgan fingerprint density at radius 3 is 3.24 bits per heavy atom. The summed E-state index contributed by atoms with van der Waals surface area (Å²) in [4.78, 5) is 11.1. The van der Waals surface area contributed by atoms with Crippen molar-refractivity contribution in [2.24, 2.45) is 5.92 Å². The highest BCUT2D eigenvalue weighted by Crippen LogP contribution is 2.34. The lowest BCUT2D eigenvalue weighted by molar-refractivity contribution is 0.549. The number of fused-ring (bicyclic) bond motifs is 1. The average Bonchev–Trinajstić information content (AvgIpc) is 2.94. The van der Waals surface area contributed by atoms with E-state index in [2.05, 4.69) is 27.2 Å². The standard InChI is InChI=1S/C12H14ClN3S/c1-8-2-4-16(10(8)6-13)12-11-9(3-5-17-11)14-7-15-12/h3,5,7-8,10H,2,4,6H2,1H3. The molecule has 1 aliphatic rings. The zero-order valence-electron chi connectivity index (χ0n) is 9.64. The third-order valence-electron chi connectivity index (χ3n) is 3.54. The number of nitrogens with zero attached hydrogens (tertiary/aromatic N) is 3. The molecule has 1 fully saturated rings. The minimum atomic E-state index is 0.400. The zero-order valence-corrected chi connectivity index (χ0v) is 11.2. The van der Waals surface area contributed by atoms with E-state index in [1.54, 1.807) is 17.7 Å². The van der Waals surface area contributed by atoms with Crippen molar-refractivity contribution < 1.29 is 0 Å². The Morgan fingerprint density at radius 1 is 1.53 bits per heavy atom. The van der Waals surface area contributed by atoms with Crippen LogP contribution < -0.4 is 4.90 Å². The number of anilines is 1. The van der Waals surface area contributed by atoms with Crippen LogP contribution in [-0.4, -0.2) is 28.4 Å². The van der Waals surface area contributed by atoms with Gasteiger partial charge in [-0.15, -0.1) is 22.9 Å². The van der Waals surface area contributed by atoms with E-state index in [0.29, 0.717) is 17.8 Å². The monoisotopic (exact) mass is 267 g/mol. The van der Waals surface area contributed by atoms with Crippen LogP contribution >= 0.6 is 22.9 Å². The van der Waals surface area contributed by atoms with Crippen LogP contribution in [0.1, 0.15) is 13.3 Å². The van der Waals surface area contributed by atoms with Gasteiger partial charge in [0, 0.05) is 18.5 Å². The van der Waals surface area contributed by atoms with E-state index in [1.807, 2.05) is 6.07 Å². The first kappa shape index (κ1) is 11.2. The normalized spacial score (nSPS) is 24.7. The third kappa shape index (κ3) is 1.79. The molecule has 3 nitrogen and oxygen atoms in total. The molecule has 0 aromatic carbocycles. The fourth-order valence-electron chi connectivity index (χ4n) is 2.49. The molecular weight excluding hydrogens is 254 g/mol. The van der Waals surface area contributed by atoms with Crippen LogP contribution in [0.15, 0.2) is 17.8 Å². The van der Waals surface area contributed by atoms with E-state index in [-0.39, 0.29) is 0 Å².